The van der Waals surface area contributed by atoms with E-state index in [1.165, 1.54) is 10.6 Å². The molecule has 0 aromatic heterocycles. The molecule has 0 atom stereocenters. The van der Waals surface area contributed by atoms with E-state index < -0.39 is 0 Å². The number of thioether (sulfide) groups is 1. The summed E-state index contributed by atoms with van der Waals surface area (Å²) >= 11 is 1.91. The van der Waals surface area contributed by atoms with Crippen molar-refractivity contribution in [2.45, 2.75) is 37.9 Å². The summed E-state index contributed by atoms with van der Waals surface area (Å²) in [4.78, 5) is 4.57. The maximum atomic E-state index is 9.36. The van der Waals surface area contributed by atoms with Crippen molar-refractivity contribution in [2.24, 2.45) is 4.99 Å². The first-order valence-corrected chi connectivity index (χ1v) is 6.87. The Bertz CT molecular complexity index is 426. The third-order valence-corrected chi connectivity index (χ3v) is 4.05. The minimum absolute atomic E-state index is 0.292. The van der Waals surface area contributed by atoms with E-state index in [4.69, 9.17) is 0 Å². The third-order valence-electron chi connectivity index (χ3n) is 2.80. The van der Waals surface area contributed by atoms with Crippen LogP contribution in [0.25, 0.3) is 0 Å². The summed E-state index contributed by atoms with van der Waals surface area (Å²) in [6.07, 6.45) is 3.17. The number of aryl methyl sites for hydroxylation is 1. The highest BCUT2D eigenvalue weighted by atomic mass is 32.2. The Labute approximate surface area is 107 Å². The summed E-state index contributed by atoms with van der Waals surface area (Å²) in [6, 6.07) is 7.51. The normalized spacial score (nSPS) is 18.1. The number of hydrogen-bond donors (Lipinski definition) is 1. The maximum Gasteiger partial charge on any atom is 0.115 e. The van der Waals surface area contributed by atoms with Crippen LogP contribution in [-0.2, 0) is 6.42 Å². The second-order valence-corrected chi connectivity index (χ2v) is 6.88. The molecule has 2 rings (SSSR count). The second-order valence-electron chi connectivity index (χ2n) is 5.10. The lowest BCUT2D eigenvalue weighted by Gasteiger charge is -2.13. The highest BCUT2D eigenvalue weighted by Gasteiger charge is 2.26. The molecule has 0 spiro atoms. The minimum Gasteiger partial charge on any atom is -0.508 e. The Kier molecular flexibility index (Phi) is 3.77. The van der Waals surface area contributed by atoms with Crippen molar-refractivity contribution in [1.82, 2.24) is 0 Å². The van der Waals surface area contributed by atoms with Crippen LogP contribution >= 0.6 is 11.8 Å². The van der Waals surface area contributed by atoms with Crippen LogP contribution in [0.2, 0.25) is 0 Å². The Hall–Kier alpha value is -0.960. The van der Waals surface area contributed by atoms with Crippen LogP contribution in [-0.4, -0.2) is 21.4 Å². The molecule has 17 heavy (non-hydrogen) atoms. The van der Waals surface area contributed by atoms with Crippen molar-refractivity contribution < 1.29 is 5.11 Å². The number of aromatic hydroxyl groups is 1. The first-order chi connectivity index (χ1) is 8.05. The Morgan fingerprint density at radius 1 is 1.35 bits per heavy atom. The van der Waals surface area contributed by atoms with E-state index in [2.05, 4.69) is 24.9 Å². The van der Waals surface area contributed by atoms with Crippen LogP contribution in [0.15, 0.2) is 29.3 Å². The second kappa shape index (κ2) is 5.13. The zero-order valence-electron chi connectivity index (χ0n) is 10.4. The van der Waals surface area contributed by atoms with Gasteiger partial charge in [-0.1, -0.05) is 12.1 Å². The van der Waals surface area contributed by atoms with Gasteiger partial charge in [-0.15, -0.1) is 11.8 Å². The van der Waals surface area contributed by atoms with Crippen LogP contribution in [0, 0.1) is 0 Å². The van der Waals surface area contributed by atoms with Crippen LogP contribution in [0.1, 0.15) is 32.3 Å². The van der Waals surface area contributed by atoms with Gasteiger partial charge in [-0.25, -0.2) is 0 Å². The quantitative estimate of drug-likeness (QED) is 0.883. The predicted octanol–water partition coefficient (Wildman–Crippen LogP) is 3.64. The lowest BCUT2D eigenvalue weighted by molar-refractivity contribution is 0.474. The Morgan fingerprint density at radius 3 is 2.82 bits per heavy atom. The number of phenolic OH excluding ortho intramolecular Hbond substituents is 1. The molecule has 2 nitrogen and oxygen atoms in total. The van der Waals surface area contributed by atoms with E-state index in [1.807, 2.05) is 23.9 Å². The van der Waals surface area contributed by atoms with Crippen molar-refractivity contribution in [2.75, 3.05) is 6.54 Å². The molecule has 0 radical (unpaired) electrons. The van der Waals surface area contributed by atoms with Crippen LogP contribution in [0.5, 0.6) is 5.75 Å². The average Bonchev–Trinajstić information content (AvgIpc) is 2.58. The SMILES string of the molecule is CC1(C)CN=C(CCCc2cccc(O)c2)S1. The molecule has 1 aromatic carbocycles. The number of hydrogen-bond acceptors (Lipinski definition) is 3. The lowest BCUT2D eigenvalue weighted by Crippen LogP contribution is -2.14. The fourth-order valence-corrected chi connectivity index (χ4v) is 3.09. The maximum absolute atomic E-state index is 9.36. The molecule has 1 aromatic rings. The topological polar surface area (TPSA) is 32.6 Å². The van der Waals surface area contributed by atoms with Crippen molar-refractivity contribution in [3.63, 3.8) is 0 Å². The van der Waals surface area contributed by atoms with Crippen molar-refractivity contribution >= 4 is 16.8 Å². The summed E-state index contributed by atoms with van der Waals surface area (Å²) in [5.74, 6) is 0.358. The molecule has 1 aliphatic heterocycles. The lowest BCUT2D eigenvalue weighted by atomic mass is 10.1. The minimum atomic E-state index is 0.292. The summed E-state index contributed by atoms with van der Waals surface area (Å²) < 4.78 is 0.292. The monoisotopic (exact) mass is 249 g/mol. The molecule has 0 unspecified atom stereocenters. The van der Waals surface area contributed by atoms with Crippen LogP contribution in [0.4, 0.5) is 0 Å². The van der Waals surface area contributed by atoms with Gasteiger partial charge in [0.2, 0.25) is 0 Å². The van der Waals surface area contributed by atoms with E-state index in [1.54, 1.807) is 6.07 Å². The molecule has 0 aliphatic carbocycles. The zero-order valence-corrected chi connectivity index (χ0v) is 11.3. The van der Waals surface area contributed by atoms with Gasteiger partial charge in [0.05, 0.1) is 11.6 Å². The van der Waals surface area contributed by atoms with Crippen LogP contribution < -0.4 is 0 Å². The van der Waals surface area contributed by atoms with Gasteiger partial charge < -0.3 is 5.11 Å². The van der Waals surface area contributed by atoms with Gasteiger partial charge in [0.15, 0.2) is 0 Å². The Balaban J connectivity index is 1.77. The molecule has 1 aliphatic rings. The number of aliphatic imine (C=N–C) groups is 1. The first kappa shape index (κ1) is 12.5. The summed E-state index contributed by atoms with van der Waals surface area (Å²) in [5.41, 5.74) is 1.20. The molecule has 0 bridgehead atoms. The van der Waals surface area contributed by atoms with Gasteiger partial charge in [0, 0.05) is 4.75 Å². The summed E-state index contributed by atoms with van der Waals surface area (Å²) in [6.45, 7) is 5.42. The molecule has 0 saturated carbocycles. The van der Waals surface area contributed by atoms with Gasteiger partial charge in [-0.05, 0) is 50.8 Å². The first-order valence-electron chi connectivity index (χ1n) is 6.05. The van der Waals surface area contributed by atoms with Gasteiger partial charge in [0.1, 0.15) is 5.75 Å². The van der Waals surface area contributed by atoms with E-state index in [0.29, 0.717) is 10.5 Å². The van der Waals surface area contributed by atoms with Crippen molar-refractivity contribution in [1.29, 1.82) is 0 Å². The number of benzene rings is 1. The Morgan fingerprint density at radius 2 is 2.18 bits per heavy atom. The highest BCUT2D eigenvalue weighted by Crippen LogP contribution is 2.33. The van der Waals surface area contributed by atoms with Gasteiger partial charge in [-0.2, -0.15) is 0 Å². The summed E-state index contributed by atoms with van der Waals surface area (Å²) in [5, 5.41) is 10.7. The van der Waals surface area contributed by atoms with Crippen LogP contribution in [0.3, 0.4) is 0 Å². The third kappa shape index (κ3) is 3.77. The van der Waals surface area contributed by atoms with Crippen molar-refractivity contribution in [3.8, 4) is 5.75 Å². The molecule has 3 heteroatoms. The number of rotatable bonds is 4. The average molecular weight is 249 g/mol. The molecule has 1 heterocycles. The molecule has 1 N–H and O–H groups in total. The van der Waals surface area contributed by atoms with E-state index >= 15 is 0 Å². The smallest absolute Gasteiger partial charge is 0.115 e. The van der Waals surface area contributed by atoms with Gasteiger partial charge in [0.25, 0.3) is 0 Å². The molecular weight excluding hydrogens is 230 g/mol. The van der Waals surface area contributed by atoms with Gasteiger partial charge in [-0.3, -0.25) is 4.99 Å². The zero-order chi connectivity index (χ0) is 12.3. The summed E-state index contributed by atoms with van der Waals surface area (Å²) in [7, 11) is 0. The van der Waals surface area contributed by atoms with Crippen molar-refractivity contribution in [3.05, 3.63) is 29.8 Å². The molecular formula is C14H19NOS. The van der Waals surface area contributed by atoms with Gasteiger partial charge >= 0.3 is 0 Å². The molecule has 0 amide bonds. The van der Waals surface area contributed by atoms with E-state index in [9.17, 15) is 5.11 Å². The standard InChI is InChI=1S/C14H19NOS/c1-14(2)10-15-13(17-14)8-4-6-11-5-3-7-12(16)9-11/h3,5,7,9,16H,4,6,8,10H2,1-2H3. The molecule has 92 valence electrons. The highest BCUT2D eigenvalue weighted by molar-refractivity contribution is 8.15. The number of phenols is 1. The molecule has 0 saturated heterocycles. The van der Waals surface area contributed by atoms with E-state index in [-0.39, 0.29) is 0 Å². The fourth-order valence-electron chi connectivity index (χ4n) is 1.95. The molecule has 0 fully saturated rings. The largest absolute Gasteiger partial charge is 0.508 e. The number of nitrogens with zero attached hydrogens (tertiary/aromatic N) is 1. The van der Waals surface area contributed by atoms with E-state index in [0.717, 1.165) is 25.8 Å². The predicted molar refractivity (Wildman–Crippen MR) is 75.0 cm³/mol. The fraction of sp³-hybridized carbons (Fsp3) is 0.500.